The highest BCUT2D eigenvalue weighted by atomic mass is 19.1. The third kappa shape index (κ3) is 5.16. The molecule has 0 aliphatic heterocycles. The molecule has 106 valence electrons. The average molecular weight is 267 g/mol. The van der Waals surface area contributed by atoms with Crippen molar-refractivity contribution < 1.29 is 9.13 Å². The molecule has 0 fully saturated rings. The van der Waals surface area contributed by atoms with E-state index in [1.165, 1.54) is 12.1 Å². The van der Waals surface area contributed by atoms with Crippen molar-refractivity contribution in [1.29, 1.82) is 0 Å². The summed E-state index contributed by atoms with van der Waals surface area (Å²) in [5.41, 5.74) is 0. The molecular weight excluding hydrogens is 245 g/mol. The van der Waals surface area contributed by atoms with Gasteiger partial charge >= 0.3 is 0 Å². The highest BCUT2D eigenvalue weighted by Crippen LogP contribution is 2.13. The Morgan fingerprint density at radius 3 is 2.42 bits per heavy atom. The summed E-state index contributed by atoms with van der Waals surface area (Å²) in [4.78, 5) is 8.37. The first kappa shape index (κ1) is 15.3. The molecule has 0 N–H and O–H groups in total. The molecule has 0 aromatic heterocycles. The minimum atomic E-state index is -0.296. The number of benzene rings is 1. The summed E-state index contributed by atoms with van der Waals surface area (Å²) in [5, 5.41) is 0. The monoisotopic (exact) mass is 267 g/mol. The smallest absolute Gasteiger partial charge is 0.195 e. The molecular formula is C14H22FN3O. The Labute approximate surface area is 114 Å². The first-order valence-electron chi connectivity index (χ1n) is 6.21. The number of hydrogen-bond donors (Lipinski definition) is 0. The van der Waals surface area contributed by atoms with E-state index in [-0.39, 0.29) is 11.9 Å². The summed E-state index contributed by atoms with van der Waals surface area (Å²) >= 11 is 0. The summed E-state index contributed by atoms with van der Waals surface area (Å²) < 4.78 is 18.6. The lowest BCUT2D eigenvalue weighted by atomic mass is 10.3. The highest BCUT2D eigenvalue weighted by molar-refractivity contribution is 5.79. The van der Waals surface area contributed by atoms with Gasteiger partial charge in [-0.2, -0.15) is 0 Å². The van der Waals surface area contributed by atoms with E-state index in [1.54, 1.807) is 12.1 Å². The van der Waals surface area contributed by atoms with Crippen LogP contribution in [0.15, 0.2) is 29.3 Å². The molecule has 0 amide bonds. The van der Waals surface area contributed by atoms with E-state index in [9.17, 15) is 4.39 Å². The molecule has 4 nitrogen and oxygen atoms in total. The fraction of sp³-hybridized carbons (Fsp3) is 0.500. The molecule has 1 aromatic rings. The van der Waals surface area contributed by atoms with Gasteiger partial charge in [0.25, 0.3) is 0 Å². The van der Waals surface area contributed by atoms with Crippen LogP contribution < -0.4 is 4.74 Å². The van der Waals surface area contributed by atoms with E-state index in [0.717, 1.165) is 5.96 Å². The maximum Gasteiger partial charge on any atom is 0.195 e. The van der Waals surface area contributed by atoms with Gasteiger partial charge in [-0.15, -0.1) is 0 Å². The van der Waals surface area contributed by atoms with Gasteiger partial charge in [0.15, 0.2) is 5.96 Å². The van der Waals surface area contributed by atoms with Crippen LogP contribution in [-0.2, 0) is 0 Å². The second kappa shape index (κ2) is 6.97. The molecule has 1 aromatic carbocycles. The van der Waals surface area contributed by atoms with Gasteiger partial charge in [0.2, 0.25) is 0 Å². The third-order valence-corrected chi connectivity index (χ3v) is 2.42. The fourth-order valence-corrected chi connectivity index (χ4v) is 1.70. The van der Waals surface area contributed by atoms with Crippen molar-refractivity contribution in [2.45, 2.75) is 13.0 Å². The van der Waals surface area contributed by atoms with Crippen molar-refractivity contribution in [3.63, 3.8) is 0 Å². The highest BCUT2D eigenvalue weighted by Gasteiger charge is 2.08. The largest absolute Gasteiger partial charge is 0.489 e. The van der Waals surface area contributed by atoms with E-state index in [1.807, 2.05) is 44.9 Å². The number of hydrogen-bond acceptors (Lipinski definition) is 2. The zero-order valence-electron chi connectivity index (χ0n) is 12.2. The lowest BCUT2D eigenvalue weighted by Crippen LogP contribution is -2.36. The lowest BCUT2D eigenvalue weighted by Gasteiger charge is -2.23. The molecule has 0 spiro atoms. The quantitative estimate of drug-likeness (QED) is 0.617. The zero-order chi connectivity index (χ0) is 14.4. The van der Waals surface area contributed by atoms with Crippen LogP contribution in [-0.4, -0.2) is 56.6 Å². The molecule has 5 heteroatoms. The van der Waals surface area contributed by atoms with Crippen LogP contribution in [0.1, 0.15) is 6.92 Å². The van der Waals surface area contributed by atoms with E-state index < -0.39 is 0 Å². The SMILES string of the molecule is CC(CN=C(N(C)C)N(C)C)Oc1cccc(F)c1. The van der Waals surface area contributed by atoms with Crippen LogP contribution in [0.4, 0.5) is 4.39 Å². The minimum absolute atomic E-state index is 0.114. The number of rotatable bonds is 4. The number of nitrogens with zero attached hydrogens (tertiary/aromatic N) is 3. The van der Waals surface area contributed by atoms with Crippen LogP contribution >= 0.6 is 0 Å². The van der Waals surface area contributed by atoms with E-state index in [0.29, 0.717) is 12.3 Å². The fourth-order valence-electron chi connectivity index (χ4n) is 1.70. The van der Waals surface area contributed by atoms with Crippen molar-refractivity contribution >= 4 is 5.96 Å². The standard InChI is InChI=1S/C14H22FN3O/c1-11(10-16-14(17(2)3)18(4)5)19-13-8-6-7-12(15)9-13/h6-9,11H,10H2,1-5H3. The van der Waals surface area contributed by atoms with Crippen molar-refractivity contribution in [2.75, 3.05) is 34.7 Å². The van der Waals surface area contributed by atoms with Crippen LogP contribution in [0.3, 0.4) is 0 Å². The van der Waals surface area contributed by atoms with Crippen molar-refractivity contribution in [2.24, 2.45) is 4.99 Å². The van der Waals surface area contributed by atoms with Gasteiger partial charge in [-0.05, 0) is 19.1 Å². The van der Waals surface area contributed by atoms with Crippen molar-refractivity contribution in [1.82, 2.24) is 9.80 Å². The Kier molecular flexibility index (Phi) is 5.60. The maximum atomic E-state index is 13.0. The van der Waals surface area contributed by atoms with Gasteiger partial charge < -0.3 is 14.5 Å². The lowest BCUT2D eigenvalue weighted by molar-refractivity contribution is 0.228. The van der Waals surface area contributed by atoms with Crippen LogP contribution in [0.2, 0.25) is 0 Å². The summed E-state index contributed by atoms with van der Waals surface area (Å²) in [6, 6.07) is 6.14. The molecule has 0 radical (unpaired) electrons. The molecule has 19 heavy (non-hydrogen) atoms. The molecule has 0 aliphatic rings. The Morgan fingerprint density at radius 2 is 1.89 bits per heavy atom. The van der Waals surface area contributed by atoms with E-state index in [4.69, 9.17) is 4.74 Å². The van der Waals surface area contributed by atoms with Gasteiger partial charge in [0.1, 0.15) is 17.7 Å². The summed E-state index contributed by atoms with van der Waals surface area (Å²) in [6.07, 6.45) is -0.114. The Morgan fingerprint density at radius 1 is 1.26 bits per heavy atom. The van der Waals surface area contributed by atoms with E-state index >= 15 is 0 Å². The molecule has 1 atom stereocenters. The number of aliphatic imine (C=N–C) groups is 1. The molecule has 0 aliphatic carbocycles. The summed E-state index contributed by atoms with van der Waals surface area (Å²) in [6.45, 7) is 2.43. The topological polar surface area (TPSA) is 28.1 Å². The predicted molar refractivity (Wildman–Crippen MR) is 76.2 cm³/mol. The van der Waals surface area contributed by atoms with Crippen molar-refractivity contribution in [3.05, 3.63) is 30.1 Å². The Hall–Kier alpha value is -1.78. The zero-order valence-corrected chi connectivity index (χ0v) is 12.2. The number of guanidine groups is 1. The second-order valence-corrected chi connectivity index (χ2v) is 4.82. The number of halogens is 1. The predicted octanol–water partition coefficient (Wildman–Crippen LogP) is 2.07. The summed E-state index contributed by atoms with van der Waals surface area (Å²) in [7, 11) is 7.77. The van der Waals surface area contributed by atoms with Gasteiger partial charge in [0, 0.05) is 34.3 Å². The minimum Gasteiger partial charge on any atom is -0.489 e. The second-order valence-electron chi connectivity index (χ2n) is 4.82. The van der Waals surface area contributed by atoms with E-state index in [2.05, 4.69) is 4.99 Å². The van der Waals surface area contributed by atoms with Crippen LogP contribution in [0.25, 0.3) is 0 Å². The first-order chi connectivity index (χ1) is 8.90. The van der Waals surface area contributed by atoms with Gasteiger partial charge in [-0.3, -0.25) is 0 Å². The average Bonchev–Trinajstić information content (AvgIpc) is 2.27. The molecule has 1 rings (SSSR count). The van der Waals surface area contributed by atoms with Crippen LogP contribution in [0, 0.1) is 5.82 Å². The van der Waals surface area contributed by atoms with Gasteiger partial charge in [0.05, 0.1) is 6.54 Å². The van der Waals surface area contributed by atoms with Gasteiger partial charge in [-0.25, -0.2) is 9.38 Å². The maximum absolute atomic E-state index is 13.0. The Bertz CT molecular complexity index is 422. The first-order valence-corrected chi connectivity index (χ1v) is 6.21. The van der Waals surface area contributed by atoms with Crippen LogP contribution in [0.5, 0.6) is 5.75 Å². The normalized spacial score (nSPS) is 11.7. The van der Waals surface area contributed by atoms with Crippen molar-refractivity contribution in [3.8, 4) is 5.75 Å². The molecule has 0 saturated heterocycles. The summed E-state index contributed by atoms with van der Waals surface area (Å²) in [5.74, 6) is 1.10. The molecule has 1 unspecified atom stereocenters. The molecule has 0 saturated carbocycles. The number of ether oxygens (including phenoxy) is 1. The third-order valence-electron chi connectivity index (χ3n) is 2.42. The molecule has 0 bridgehead atoms. The molecule has 0 heterocycles. The Balaban J connectivity index is 2.60. The van der Waals surface area contributed by atoms with Gasteiger partial charge in [-0.1, -0.05) is 6.07 Å².